The van der Waals surface area contributed by atoms with Crippen LogP contribution < -0.4 is 0 Å². The predicted molar refractivity (Wildman–Crippen MR) is 105 cm³/mol. The number of aromatic nitrogens is 1. The minimum absolute atomic E-state index is 0.207. The standard InChI is InChI=1S/C23H28FNO2/c1-15(2)13-22-18(17-9-5-6-10-20(17)24)14-19(23(26)27)21(25-22)12-11-16-7-3-4-8-16/h5-6,9-10,14-16H,3-4,7-8,11-13H2,1-2H3,(H,26,27). The summed E-state index contributed by atoms with van der Waals surface area (Å²) in [6.45, 7) is 4.19. The van der Waals surface area contributed by atoms with Crippen molar-refractivity contribution in [1.29, 1.82) is 0 Å². The van der Waals surface area contributed by atoms with Gasteiger partial charge in [-0.3, -0.25) is 4.98 Å². The number of nitrogens with zero attached hydrogens (tertiary/aromatic N) is 1. The van der Waals surface area contributed by atoms with Crippen molar-refractivity contribution in [2.45, 2.75) is 58.8 Å². The van der Waals surface area contributed by atoms with Gasteiger partial charge in [0.1, 0.15) is 5.82 Å². The molecule has 1 aliphatic carbocycles. The second-order valence-electron chi connectivity index (χ2n) is 8.05. The molecule has 0 atom stereocenters. The van der Waals surface area contributed by atoms with Crippen molar-refractivity contribution in [2.75, 3.05) is 0 Å². The van der Waals surface area contributed by atoms with E-state index in [1.807, 2.05) is 0 Å². The Morgan fingerprint density at radius 2 is 1.89 bits per heavy atom. The van der Waals surface area contributed by atoms with Gasteiger partial charge < -0.3 is 5.11 Å². The lowest BCUT2D eigenvalue weighted by atomic mass is 9.93. The van der Waals surface area contributed by atoms with Crippen LogP contribution in [0, 0.1) is 17.7 Å². The molecule has 27 heavy (non-hydrogen) atoms. The fraction of sp³-hybridized carbons (Fsp3) is 0.478. The van der Waals surface area contributed by atoms with E-state index >= 15 is 0 Å². The van der Waals surface area contributed by atoms with Crippen LogP contribution in [-0.2, 0) is 12.8 Å². The summed E-state index contributed by atoms with van der Waals surface area (Å²) >= 11 is 0. The van der Waals surface area contributed by atoms with Gasteiger partial charge in [-0.15, -0.1) is 0 Å². The molecule has 1 aromatic heterocycles. The van der Waals surface area contributed by atoms with E-state index in [9.17, 15) is 14.3 Å². The van der Waals surface area contributed by atoms with Crippen LogP contribution >= 0.6 is 0 Å². The van der Waals surface area contributed by atoms with Crippen molar-refractivity contribution >= 4 is 5.97 Å². The Balaban J connectivity index is 2.03. The number of carboxylic acids is 1. The highest BCUT2D eigenvalue weighted by atomic mass is 19.1. The maximum Gasteiger partial charge on any atom is 0.337 e. The lowest BCUT2D eigenvalue weighted by Crippen LogP contribution is -2.12. The van der Waals surface area contributed by atoms with Crippen molar-refractivity contribution < 1.29 is 14.3 Å². The average molecular weight is 369 g/mol. The zero-order valence-electron chi connectivity index (χ0n) is 16.2. The third-order valence-corrected chi connectivity index (χ3v) is 5.44. The van der Waals surface area contributed by atoms with Crippen molar-refractivity contribution in [3.63, 3.8) is 0 Å². The van der Waals surface area contributed by atoms with Crippen molar-refractivity contribution in [3.8, 4) is 11.1 Å². The van der Waals surface area contributed by atoms with E-state index in [0.29, 0.717) is 41.5 Å². The SMILES string of the molecule is CC(C)Cc1nc(CCC2CCCC2)c(C(=O)O)cc1-c1ccccc1F. The minimum atomic E-state index is -0.988. The number of pyridine rings is 1. The van der Waals surface area contributed by atoms with Gasteiger partial charge in [-0.2, -0.15) is 0 Å². The largest absolute Gasteiger partial charge is 0.478 e. The highest BCUT2D eigenvalue weighted by Crippen LogP contribution is 2.32. The molecule has 0 saturated heterocycles. The van der Waals surface area contributed by atoms with E-state index in [4.69, 9.17) is 4.98 Å². The monoisotopic (exact) mass is 369 g/mol. The molecule has 3 rings (SSSR count). The molecule has 0 unspecified atom stereocenters. The molecule has 1 heterocycles. The second kappa shape index (κ2) is 8.64. The van der Waals surface area contributed by atoms with Gasteiger partial charge in [0.15, 0.2) is 0 Å². The molecule has 4 heteroatoms. The summed E-state index contributed by atoms with van der Waals surface area (Å²) in [6.07, 6.45) is 7.36. The van der Waals surface area contributed by atoms with Crippen LogP contribution in [-0.4, -0.2) is 16.1 Å². The van der Waals surface area contributed by atoms with Gasteiger partial charge in [0.2, 0.25) is 0 Å². The summed E-state index contributed by atoms with van der Waals surface area (Å²) in [6, 6.07) is 8.15. The molecule has 2 aromatic rings. The zero-order chi connectivity index (χ0) is 19.4. The smallest absolute Gasteiger partial charge is 0.337 e. The quantitative estimate of drug-likeness (QED) is 0.660. The molecule has 1 aromatic carbocycles. The first kappa shape index (κ1) is 19.5. The molecule has 3 nitrogen and oxygen atoms in total. The molecule has 0 radical (unpaired) electrons. The van der Waals surface area contributed by atoms with Gasteiger partial charge in [0.25, 0.3) is 0 Å². The first-order valence-electron chi connectivity index (χ1n) is 9.96. The van der Waals surface area contributed by atoms with Gasteiger partial charge in [0.05, 0.1) is 11.3 Å². The maximum absolute atomic E-state index is 14.4. The van der Waals surface area contributed by atoms with Crippen molar-refractivity contribution in [1.82, 2.24) is 4.98 Å². The molecule has 1 fully saturated rings. The Labute approximate surface area is 160 Å². The van der Waals surface area contributed by atoms with Crippen LogP contribution in [0.4, 0.5) is 4.39 Å². The van der Waals surface area contributed by atoms with Crippen LogP contribution in [0.15, 0.2) is 30.3 Å². The molecule has 1 saturated carbocycles. The molecule has 1 N–H and O–H groups in total. The average Bonchev–Trinajstić information content (AvgIpc) is 3.13. The first-order valence-corrected chi connectivity index (χ1v) is 9.96. The maximum atomic E-state index is 14.4. The van der Waals surface area contributed by atoms with Crippen LogP contribution in [0.5, 0.6) is 0 Å². The third kappa shape index (κ3) is 4.74. The molecule has 0 amide bonds. The number of rotatable bonds is 7. The highest BCUT2D eigenvalue weighted by Gasteiger charge is 2.22. The van der Waals surface area contributed by atoms with E-state index in [2.05, 4.69) is 13.8 Å². The lowest BCUT2D eigenvalue weighted by molar-refractivity contribution is 0.0695. The minimum Gasteiger partial charge on any atom is -0.478 e. The summed E-state index contributed by atoms with van der Waals surface area (Å²) in [5, 5.41) is 9.74. The molecule has 144 valence electrons. The van der Waals surface area contributed by atoms with E-state index < -0.39 is 5.97 Å². The molecular formula is C23H28FNO2. The zero-order valence-corrected chi connectivity index (χ0v) is 16.2. The third-order valence-electron chi connectivity index (χ3n) is 5.44. The number of hydrogen-bond acceptors (Lipinski definition) is 2. The summed E-state index contributed by atoms with van der Waals surface area (Å²) in [4.78, 5) is 16.7. The topological polar surface area (TPSA) is 50.2 Å². The predicted octanol–water partition coefficient (Wildman–Crippen LogP) is 5.91. The van der Waals surface area contributed by atoms with Crippen LogP contribution in [0.3, 0.4) is 0 Å². The Kier molecular flexibility index (Phi) is 6.25. The fourth-order valence-corrected chi connectivity index (χ4v) is 4.07. The number of hydrogen-bond donors (Lipinski definition) is 1. The molecule has 0 bridgehead atoms. The number of halogens is 1. The summed E-state index contributed by atoms with van der Waals surface area (Å²) in [5.74, 6) is -0.313. The number of carbonyl (C=O) groups is 1. The van der Waals surface area contributed by atoms with Crippen LogP contribution in [0.2, 0.25) is 0 Å². The number of benzene rings is 1. The summed E-state index contributed by atoms with van der Waals surface area (Å²) in [7, 11) is 0. The van der Waals surface area contributed by atoms with E-state index in [-0.39, 0.29) is 11.4 Å². The van der Waals surface area contributed by atoms with Gasteiger partial charge in [-0.05, 0) is 43.2 Å². The van der Waals surface area contributed by atoms with E-state index in [0.717, 1.165) is 12.1 Å². The fourth-order valence-electron chi connectivity index (χ4n) is 4.07. The number of aryl methyl sites for hydroxylation is 1. The summed E-state index contributed by atoms with van der Waals surface area (Å²) < 4.78 is 14.4. The Bertz CT molecular complexity index is 810. The molecule has 0 spiro atoms. The van der Waals surface area contributed by atoms with Crippen molar-refractivity contribution in [2.24, 2.45) is 11.8 Å². The first-order chi connectivity index (χ1) is 13.0. The molecule has 0 aliphatic heterocycles. The Hall–Kier alpha value is -2.23. The molecule has 1 aliphatic rings. The number of aromatic carboxylic acids is 1. The van der Waals surface area contributed by atoms with Gasteiger partial charge >= 0.3 is 5.97 Å². The van der Waals surface area contributed by atoms with Gasteiger partial charge in [-0.25, -0.2) is 9.18 Å². The van der Waals surface area contributed by atoms with Gasteiger partial charge in [-0.1, -0.05) is 57.7 Å². The number of carboxylic acid groups (broad SMARTS) is 1. The lowest BCUT2D eigenvalue weighted by Gasteiger charge is -2.17. The van der Waals surface area contributed by atoms with Crippen LogP contribution in [0.1, 0.15) is 67.7 Å². The van der Waals surface area contributed by atoms with E-state index in [1.165, 1.54) is 31.7 Å². The summed E-state index contributed by atoms with van der Waals surface area (Å²) in [5.41, 5.74) is 2.67. The van der Waals surface area contributed by atoms with Crippen LogP contribution in [0.25, 0.3) is 11.1 Å². The van der Waals surface area contributed by atoms with Crippen molar-refractivity contribution in [3.05, 3.63) is 53.1 Å². The van der Waals surface area contributed by atoms with Gasteiger partial charge in [0, 0.05) is 16.8 Å². The highest BCUT2D eigenvalue weighted by molar-refractivity contribution is 5.91. The molecular weight excluding hydrogens is 341 g/mol. The normalized spacial score (nSPS) is 14.8. The Morgan fingerprint density at radius 1 is 1.19 bits per heavy atom. The Morgan fingerprint density at radius 3 is 2.52 bits per heavy atom. The van der Waals surface area contributed by atoms with E-state index in [1.54, 1.807) is 24.3 Å². The second-order valence-corrected chi connectivity index (χ2v) is 8.05.